The van der Waals surface area contributed by atoms with Gasteiger partial charge in [0, 0.05) is 67.6 Å². The third kappa shape index (κ3) is 6.12. The van der Waals surface area contributed by atoms with Gasteiger partial charge in [0.2, 0.25) is 5.91 Å². The first-order chi connectivity index (χ1) is 20.8. The lowest BCUT2D eigenvalue weighted by molar-refractivity contribution is -0.132. The number of fused-ring (bicyclic) bond motifs is 2. The Morgan fingerprint density at radius 2 is 1.93 bits per heavy atom. The largest absolute Gasteiger partial charge is 0.478 e. The number of aromatic nitrogens is 2. The van der Waals surface area contributed by atoms with Crippen LogP contribution in [0.15, 0.2) is 48.6 Å². The summed E-state index contributed by atoms with van der Waals surface area (Å²) >= 11 is 6.69. The van der Waals surface area contributed by atoms with Crippen molar-refractivity contribution in [2.45, 2.75) is 44.3 Å². The van der Waals surface area contributed by atoms with Gasteiger partial charge in [0.05, 0.1) is 17.3 Å². The fourth-order valence-electron chi connectivity index (χ4n) is 6.53. The molecule has 11 heteroatoms. The molecule has 0 saturated carbocycles. The van der Waals surface area contributed by atoms with Crippen LogP contribution in [-0.4, -0.2) is 95.7 Å². The minimum atomic E-state index is -1.13. The summed E-state index contributed by atoms with van der Waals surface area (Å²) in [4.78, 5) is 41.8. The highest BCUT2D eigenvalue weighted by molar-refractivity contribution is 6.36. The molecule has 3 aromatic rings. The number of carboxylic acids is 1. The summed E-state index contributed by atoms with van der Waals surface area (Å²) in [6.07, 6.45) is 5.76. The van der Waals surface area contributed by atoms with Crippen molar-refractivity contribution in [2.75, 3.05) is 56.7 Å². The Morgan fingerprint density at radius 1 is 1.12 bits per heavy atom. The number of hydrogen-bond donors (Lipinski definition) is 1. The van der Waals surface area contributed by atoms with Crippen molar-refractivity contribution in [2.24, 2.45) is 0 Å². The minimum absolute atomic E-state index is 0.0323. The number of carbonyl (C=O) groups is 2. The van der Waals surface area contributed by atoms with Gasteiger partial charge in [-0.15, -0.1) is 0 Å². The molecule has 3 aliphatic rings. The highest BCUT2D eigenvalue weighted by Crippen LogP contribution is 2.37. The normalized spacial score (nSPS) is 20.6. The zero-order valence-corrected chi connectivity index (χ0v) is 25.3. The first-order valence-corrected chi connectivity index (χ1v) is 15.2. The summed E-state index contributed by atoms with van der Waals surface area (Å²) in [7, 11) is 4.14. The topological polar surface area (TPSA) is 102 Å². The summed E-state index contributed by atoms with van der Waals surface area (Å²) in [6.45, 7) is 4.01. The number of rotatable bonds is 8. The first-order valence-electron chi connectivity index (χ1n) is 14.9. The van der Waals surface area contributed by atoms with Crippen LogP contribution in [0.1, 0.15) is 30.5 Å². The summed E-state index contributed by atoms with van der Waals surface area (Å²) in [5.41, 5.74) is 3.10. The van der Waals surface area contributed by atoms with E-state index >= 15 is 0 Å². The number of benzene rings is 2. The molecule has 4 heterocycles. The lowest BCUT2D eigenvalue weighted by Crippen LogP contribution is -2.39. The van der Waals surface area contributed by atoms with E-state index in [4.69, 9.17) is 31.4 Å². The van der Waals surface area contributed by atoms with Crippen molar-refractivity contribution in [1.82, 2.24) is 19.8 Å². The lowest BCUT2D eigenvalue weighted by atomic mass is 10.0. The predicted octanol–water partition coefficient (Wildman–Crippen LogP) is 4.00. The monoisotopic (exact) mass is 604 g/mol. The van der Waals surface area contributed by atoms with E-state index in [9.17, 15) is 9.59 Å². The second-order valence-electron chi connectivity index (χ2n) is 11.6. The molecular formula is C32H37ClN6O4. The fraction of sp³-hybridized carbons (Fsp3) is 0.438. The molecule has 43 heavy (non-hydrogen) atoms. The third-order valence-corrected chi connectivity index (χ3v) is 9.31. The van der Waals surface area contributed by atoms with E-state index < -0.39 is 5.97 Å². The average Bonchev–Trinajstić information content (AvgIpc) is 3.67. The van der Waals surface area contributed by atoms with Gasteiger partial charge in [0.15, 0.2) is 0 Å². The average molecular weight is 605 g/mol. The second-order valence-corrected chi connectivity index (χ2v) is 12.0. The molecule has 0 radical (unpaired) electrons. The number of likely N-dealkylation sites (N-methyl/N-ethyl adjacent to an activating group) is 2. The van der Waals surface area contributed by atoms with Crippen LogP contribution in [0.25, 0.3) is 10.8 Å². The van der Waals surface area contributed by atoms with Gasteiger partial charge < -0.3 is 29.4 Å². The molecule has 1 N–H and O–H groups in total. The first kappa shape index (κ1) is 29.2. The molecule has 2 fully saturated rings. The highest BCUT2D eigenvalue weighted by atomic mass is 35.5. The molecule has 0 bridgehead atoms. The number of anilines is 2. The Bertz CT molecular complexity index is 1560. The van der Waals surface area contributed by atoms with Gasteiger partial charge in [0.25, 0.3) is 0 Å². The number of hydrogen-bond acceptors (Lipinski definition) is 8. The van der Waals surface area contributed by atoms with Crippen molar-refractivity contribution in [1.29, 1.82) is 0 Å². The van der Waals surface area contributed by atoms with Gasteiger partial charge in [-0.05, 0) is 56.8 Å². The molecular weight excluding hydrogens is 568 g/mol. The van der Waals surface area contributed by atoms with Crippen LogP contribution in [0, 0.1) is 0 Å². The number of carboxylic acid groups (broad SMARTS) is 1. The maximum absolute atomic E-state index is 12.6. The molecule has 3 aliphatic heterocycles. The number of amides is 1. The highest BCUT2D eigenvalue weighted by Gasteiger charge is 2.33. The molecule has 226 valence electrons. The molecule has 2 atom stereocenters. The molecule has 1 amide bonds. The van der Waals surface area contributed by atoms with Crippen LogP contribution >= 0.6 is 11.6 Å². The molecule has 2 saturated heterocycles. The van der Waals surface area contributed by atoms with Gasteiger partial charge in [-0.1, -0.05) is 35.9 Å². The van der Waals surface area contributed by atoms with Crippen LogP contribution in [0.5, 0.6) is 6.01 Å². The molecule has 2 unspecified atom stereocenters. The molecule has 0 aliphatic carbocycles. The Kier molecular flexibility index (Phi) is 8.41. The SMILES string of the molecule is CN1CCCC1COc1nc2c(c(N(C)C3CCN(C(=O)/C=C\C(=O)O)C3)n1)CCN(c1cccc3cccc(Cl)c13)C2. The number of halogens is 1. The van der Waals surface area contributed by atoms with E-state index in [0.717, 1.165) is 89.5 Å². The van der Waals surface area contributed by atoms with E-state index in [-0.39, 0.29) is 11.9 Å². The summed E-state index contributed by atoms with van der Waals surface area (Å²) in [5.74, 6) is -0.599. The Labute approximate surface area is 256 Å². The maximum atomic E-state index is 12.6. The Morgan fingerprint density at radius 3 is 2.70 bits per heavy atom. The number of aliphatic carboxylic acids is 1. The molecule has 6 rings (SSSR count). The van der Waals surface area contributed by atoms with Gasteiger partial charge in [-0.2, -0.15) is 9.97 Å². The third-order valence-electron chi connectivity index (χ3n) is 9.00. The van der Waals surface area contributed by atoms with E-state index in [2.05, 4.69) is 46.0 Å². The molecule has 2 aromatic carbocycles. The van der Waals surface area contributed by atoms with Gasteiger partial charge in [-0.3, -0.25) is 4.79 Å². The summed E-state index contributed by atoms with van der Waals surface area (Å²) in [6, 6.07) is 13.0. The fourth-order valence-corrected chi connectivity index (χ4v) is 6.81. The lowest BCUT2D eigenvalue weighted by Gasteiger charge is -2.35. The van der Waals surface area contributed by atoms with Crippen LogP contribution in [0.2, 0.25) is 5.02 Å². The summed E-state index contributed by atoms with van der Waals surface area (Å²) < 4.78 is 6.26. The van der Waals surface area contributed by atoms with Crippen LogP contribution in [0.4, 0.5) is 11.5 Å². The molecule has 1 aromatic heterocycles. The van der Waals surface area contributed by atoms with Crippen molar-refractivity contribution < 1.29 is 19.4 Å². The molecule has 10 nitrogen and oxygen atoms in total. The van der Waals surface area contributed by atoms with Crippen LogP contribution in [0.3, 0.4) is 0 Å². The van der Waals surface area contributed by atoms with Crippen molar-refractivity contribution in [3.63, 3.8) is 0 Å². The Hall–Kier alpha value is -3.89. The second kappa shape index (κ2) is 12.4. The molecule has 0 spiro atoms. The zero-order chi connectivity index (χ0) is 30.1. The quantitative estimate of drug-likeness (QED) is 0.382. The maximum Gasteiger partial charge on any atom is 0.328 e. The number of ether oxygens (including phenoxy) is 1. The van der Waals surface area contributed by atoms with E-state index in [1.807, 2.05) is 19.2 Å². The smallest absolute Gasteiger partial charge is 0.328 e. The van der Waals surface area contributed by atoms with Crippen LogP contribution in [-0.2, 0) is 22.6 Å². The van der Waals surface area contributed by atoms with Crippen molar-refractivity contribution in [3.8, 4) is 6.01 Å². The standard InChI is InChI=1S/C32H37ClN6O4/c1-36-15-5-8-23(36)20-43-32-34-26-19-38(27-10-4-7-21-6-3-9-25(33)30(21)27)17-14-24(26)31(35-32)37(2)22-13-16-39(18-22)28(40)11-12-29(41)42/h3-4,6-7,9-12,22-23H,5,8,13-20H2,1-2H3,(H,41,42)/b12-11-. The van der Waals surface area contributed by atoms with E-state index in [0.29, 0.717) is 38.3 Å². The predicted molar refractivity (Wildman–Crippen MR) is 167 cm³/mol. The van der Waals surface area contributed by atoms with Crippen LogP contribution < -0.4 is 14.5 Å². The number of carbonyl (C=O) groups excluding carboxylic acids is 1. The number of nitrogens with zero attached hydrogens (tertiary/aromatic N) is 6. The minimum Gasteiger partial charge on any atom is -0.478 e. The summed E-state index contributed by atoms with van der Waals surface area (Å²) in [5, 5.41) is 11.8. The Balaban J connectivity index is 1.29. The van der Waals surface area contributed by atoms with Gasteiger partial charge in [-0.25, -0.2) is 4.79 Å². The van der Waals surface area contributed by atoms with E-state index in [1.54, 1.807) is 4.90 Å². The number of likely N-dealkylation sites (tertiary alicyclic amines) is 2. The zero-order valence-electron chi connectivity index (χ0n) is 24.6. The van der Waals surface area contributed by atoms with Crippen molar-refractivity contribution >= 4 is 45.8 Å². The van der Waals surface area contributed by atoms with E-state index in [1.165, 1.54) is 0 Å². The van der Waals surface area contributed by atoms with Gasteiger partial charge >= 0.3 is 12.0 Å². The van der Waals surface area contributed by atoms with Gasteiger partial charge in [0.1, 0.15) is 12.4 Å². The van der Waals surface area contributed by atoms with Crippen molar-refractivity contribution in [3.05, 3.63) is 64.8 Å².